The third kappa shape index (κ3) is 2.51. The van der Waals surface area contributed by atoms with E-state index in [1.807, 2.05) is 0 Å². The number of hydrogen-bond acceptors (Lipinski definition) is 2. The van der Waals surface area contributed by atoms with Crippen LogP contribution >= 0.6 is 0 Å². The van der Waals surface area contributed by atoms with Crippen LogP contribution in [0.5, 0.6) is 0 Å². The minimum atomic E-state index is 0.0860. The molecule has 110 valence electrons. The molecule has 0 bridgehead atoms. The number of anilines is 2. The minimum absolute atomic E-state index is 0.0860. The largest absolute Gasteiger partial charge is 0.352 e. The van der Waals surface area contributed by atoms with Crippen LogP contribution in [0.4, 0.5) is 11.4 Å². The molecular weight excluding hydrogens is 256 g/mol. The van der Waals surface area contributed by atoms with Crippen LogP contribution in [0.1, 0.15) is 25.7 Å². The molecule has 2 nitrogen and oxygen atoms in total. The van der Waals surface area contributed by atoms with Gasteiger partial charge in [0.05, 0.1) is 0 Å². The van der Waals surface area contributed by atoms with Crippen LogP contribution < -0.4 is 9.80 Å². The standard InChI is InChI=1S/C19H24N2/c1-20(17-11-5-3-6-12-17)19(15-9-10-16-19)21(2)18-13-7-4-8-14-18/h3-8,11-14H,9-10,15-16H2,1-2H3. The Labute approximate surface area is 128 Å². The van der Waals surface area contributed by atoms with E-state index in [0.717, 1.165) is 0 Å². The van der Waals surface area contributed by atoms with Gasteiger partial charge < -0.3 is 9.80 Å². The van der Waals surface area contributed by atoms with Gasteiger partial charge in [-0.15, -0.1) is 0 Å². The highest BCUT2D eigenvalue weighted by molar-refractivity contribution is 5.56. The summed E-state index contributed by atoms with van der Waals surface area (Å²) >= 11 is 0. The topological polar surface area (TPSA) is 6.48 Å². The Hall–Kier alpha value is -1.96. The first kappa shape index (κ1) is 14.0. The lowest BCUT2D eigenvalue weighted by atomic mass is 10.0. The fraction of sp³-hybridized carbons (Fsp3) is 0.368. The summed E-state index contributed by atoms with van der Waals surface area (Å²) in [5.74, 6) is 0. The lowest BCUT2D eigenvalue weighted by Gasteiger charge is -2.48. The smallest absolute Gasteiger partial charge is 0.112 e. The number of hydrogen-bond donors (Lipinski definition) is 0. The number of benzene rings is 2. The molecule has 2 aromatic rings. The fourth-order valence-corrected chi connectivity index (χ4v) is 3.62. The third-order valence-electron chi connectivity index (χ3n) is 4.94. The maximum Gasteiger partial charge on any atom is 0.112 e. The zero-order valence-electron chi connectivity index (χ0n) is 13.0. The van der Waals surface area contributed by atoms with E-state index in [4.69, 9.17) is 0 Å². The summed E-state index contributed by atoms with van der Waals surface area (Å²) < 4.78 is 0. The molecular formula is C19H24N2. The lowest BCUT2D eigenvalue weighted by molar-refractivity contribution is 0.408. The van der Waals surface area contributed by atoms with E-state index in [2.05, 4.69) is 84.6 Å². The molecule has 0 aromatic heterocycles. The van der Waals surface area contributed by atoms with Crippen molar-refractivity contribution in [3.8, 4) is 0 Å². The van der Waals surface area contributed by atoms with Crippen molar-refractivity contribution in [3.63, 3.8) is 0 Å². The van der Waals surface area contributed by atoms with Gasteiger partial charge in [0, 0.05) is 25.5 Å². The predicted molar refractivity (Wildman–Crippen MR) is 90.9 cm³/mol. The van der Waals surface area contributed by atoms with Crippen molar-refractivity contribution < 1.29 is 0 Å². The van der Waals surface area contributed by atoms with Crippen molar-refractivity contribution in [1.29, 1.82) is 0 Å². The summed E-state index contributed by atoms with van der Waals surface area (Å²) in [5, 5.41) is 0. The lowest BCUT2D eigenvalue weighted by Crippen LogP contribution is -2.57. The maximum atomic E-state index is 2.47. The second kappa shape index (κ2) is 5.80. The summed E-state index contributed by atoms with van der Waals surface area (Å²) in [6.07, 6.45) is 5.02. The summed E-state index contributed by atoms with van der Waals surface area (Å²) in [6.45, 7) is 0. The Morgan fingerprint density at radius 2 is 1.05 bits per heavy atom. The average Bonchev–Trinajstić information content (AvgIpc) is 3.06. The van der Waals surface area contributed by atoms with E-state index in [1.165, 1.54) is 37.1 Å². The van der Waals surface area contributed by atoms with Crippen LogP contribution in [0.25, 0.3) is 0 Å². The number of nitrogens with zero attached hydrogens (tertiary/aromatic N) is 2. The van der Waals surface area contributed by atoms with Gasteiger partial charge in [-0.3, -0.25) is 0 Å². The highest BCUT2D eigenvalue weighted by atomic mass is 15.4. The van der Waals surface area contributed by atoms with Crippen molar-refractivity contribution in [3.05, 3.63) is 60.7 Å². The van der Waals surface area contributed by atoms with Crippen LogP contribution in [0.3, 0.4) is 0 Å². The van der Waals surface area contributed by atoms with Crippen LogP contribution in [-0.2, 0) is 0 Å². The molecule has 3 rings (SSSR count). The molecule has 1 aliphatic carbocycles. The van der Waals surface area contributed by atoms with Gasteiger partial charge in [0.25, 0.3) is 0 Å². The molecule has 1 aliphatic rings. The second-order valence-electron chi connectivity index (χ2n) is 5.98. The van der Waals surface area contributed by atoms with Gasteiger partial charge in [-0.2, -0.15) is 0 Å². The molecule has 0 N–H and O–H groups in total. The van der Waals surface area contributed by atoms with Crippen LogP contribution in [0.2, 0.25) is 0 Å². The predicted octanol–water partition coefficient (Wildman–Crippen LogP) is 4.53. The minimum Gasteiger partial charge on any atom is -0.352 e. The fourth-order valence-electron chi connectivity index (χ4n) is 3.62. The second-order valence-corrected chi connectivity index (χ2v) is 5.98. The van der Waals surface area contributed by atoms with Crippen LogP contribution in [0, 0.1) is 0 Å². The molecule has 2 aromatic carbocycles. The maximum absolute atomic E-state index is 2.47. The first-order chi connectivity index (χ1) is 10.2. The SMILES string of the molecule is CN(c1ccccc1)C1(N(C)c2ccccc2)CCCC1. The molecule has 0 aliphatic heterocycles. The zero-order valence-corrected chi connectivity index (χ0v) is 13.0. The highest BCUT2D eigenvalue weighted by Gasteiger charge is 2.41. The summed E-state index contributed by atoms with van der Waals surface area (Å²) in [4.78, 5) is 4.93. The van der Waals surface area contributed by atoms with E-state index in [9.17, 15) is 0 Å². The van der Waals surface area contributed by atoms with Crippen LogP contribution in [-0.4, -0.2) is 19.8 Å². The Morgan fingerprint density at radius 3 is 1.43 bits per heavy atom. The Bertz CT molecular complexity index is 511. The summed E-state index contributed by atoms with van der Waals surface area (Å²) in [7, 11) is 4.47. The van der Waals surface area contributed by atoms with Crippen molar-refractivity contribution >= 4 is 11.4 Å². The average molecular weight is 280 g/mol. The third-order valence-corrected chi connectivity index (χ3v) is 4.94. The van der Waals surface area contributed by atoms with Crippen molar-refractivity contribution in [2.45, 2.75) is 31.3 Å². The van der Waals surface area contributed by atoms with Crippen molar-refractivity contribution in [2.24, 2.45) is 0 Å². The van der Waals surface area contributed by atoms with Gasteiger partial charge in [-0.05, 0) is 49.9 Å². The van der Waals surface area contributed by atoms with Gasteiger partial charge >= 0.3 is 0 Å². The van der Waals surface area contributed by atoms with E-state index in [1.54, 1.807) is 0 Å². The van der Waals surface area contributed by atoms with Gasteiger partial charge in [-0.25, -0.2) is 0 Å². The van der Waals surface area contributed by atoms with Crippen molar-refractivity contribution in [2.75, 3.05) is 23.9 Å². The molecule has 0 unspecified atom stereocenters. The molecule has 0 saturated heterocycles. The molecule has 1 fully saturated rings. The molecule has 0 spiro atoms. The Morgan fingerprint density at radius 1 is 0.667 bits per heavy atom. The quantitative estimate of drug-likeness (QED) is 0.759. The Kier molecular flexibility index (Phi) is 3.87. The van der Waals surface area contributed by atoms with Gasteiger partial charge in [0.2, 0.25) is 0 Å². The van der Waals surface area contributed by atoms with E-state index >= 15 is 0 Å². The first-order valence-corrected chi connectivity index (χ1v) is 7.82. The first-order valence-electron chi connectivity index (χ1n) is 7.82. The molecule has 0 heterocycles. The van der Waals surface area contributed by atoms with Crippen LogP contribution in [0.15, 0.2) is 60.7 Å². The number of rotatable bonds is 4. The van der Waals surface area contributed by atoms with E-state index < -0.39 is 0 Å². The summed E-state index contributed by atoms with van der Waals surface area (Å²) in [6, 6.07) is 21.5. The molecule has 1 saturated carbocycles. The van der Waals surface area contributed by atoms with Gasteiger partial charge in [0.1, 0.15) is 5.66 Å². The highest BCUT2D eigenvalue weighted by Crippen LogP contribution is 2.41. The molecule has 0 atom stereocenters. The van der Waals surface area contributed by atoms with Crippen molar-refractivity contribution in [1.82, 2.24) is 0 Å². The van der Waals surface area contributed by atoms with E-state index in [0.29, 0.717) is 0 Å². The molecule has 2 heteroatoms. The Balaban J connectivity index is 1.96. The molecule has 21 heavy (non-hydrogen) atoms. The zero-order chi connectivity index (χ0) is 14.7. The monoisotopic (exact) mass is 280 g/mol. The summed E-state index contributed by atoms with van der Waals surface area (Å²) in [5.41, 5.74) is 2.67. The van der Waals surface area contributed by atoms with E-state index in [-0.39, 0.29) is 5.66 Å². The number of para-hydroxylation sites is 2. The van der Waals surface area contributed by atoms with Gasteiger partial charge in [-0.1, -0.05) is 36.4 Å². The van der Waals surface area contributed by atoms with Gasteiger partial charge in [0.15, 0.2) is 0 Å². The molecule has 0 amide bonds. The molecule has 0 radical (unpaired) electrons. The normalized spacial score (nSPS) is 16.7.